The van der Waals surface area contributed by atoms with Gasteiger partial charge in [-0.25, -0.2) is 0 Å². The van der Waals surface area contributed by atoms with Gasteiger partial charge < -0.3 is 15.9 Å². The minimum Gasteiger partial charge on any atom is -0.480 e. The zero-order chi connectivity index (χ0) is 9.14. The maximum atomic E-state index is 10.5. The van der Waals surface area contributed by atoms with Crippen LogP contribution >= 0.6 is 0 Å². The largest absolute Gasteiger partial charge is 0.480 e. The van der Waals surface area contributed by atoms with Crippen molar-refractivity contribution in [2.45, 2.75) is 37.8 Å². The summed E-state index contributed by atoms with van der Waals surface area (Å²) in [5.41, 5.74) is 5.42. The number of hydrogen-bond donors (Lipinski definition) is 3. The van der Waals surface area contributed by atoms with E-state index in [4.69, 9.17) is 10.8 Å². The van der Waals surface area contributed by atoms with Crippen LogP contribution in [0.5, 0.6) is 0 Å². The molecule has 0 saturated heterocycles. The van der Waals surface area contributed by atoms with Gasteiger partial charge in [-0.1, -0.05) is 12.8 Å². The average Bonchev–Trinajstić information content (AvgIpc) is 2.04. The van der Waals surface area contributed by atoms with Crippen LogP contribution in [0.25, 0.3) is 0 Å². The molecule has 0 aromatic carbocycles. The summed E-state index contributed by atoms with van der Waals surface area (Å²) in [5.74, 6) is -1.27. The lowest BCUT2D eigenvalue weighted by Crippen LogP contribution is -2.45. The van der Waals surface area contributed by atoms with Crippen molar-refractivity contribution in [3.8, 4) is 0 Å². The molecule has 70 valence electrons. The van der Waals surface area contributed by atoms with Crippen LogP contribution in [0.3, 0.4) is 0 Å². The summed E-state index contributed by atoms with van der Waals surface area (Å²) in [4.78, 5) is 10.5. The van der Waals surface area contributed by atoms with Gasteiger partial charge in [0.25, 0.3) is 0 Å². The van der Waals surface area contributed by atoms with E-state index in [1.807, 2.05) is 0 Å². The third-order valence-electron chi connectivity index (χ3n) is 2.53. The quantitative estimate of drug-likeness (QED) is 0.546. The highest BCUT2D eigenvalue weighted by atomic mass is 16.4. The molecule has 2 unspecified atom stereocenters. The van der Waals surface area contributed by atoms with Crippen LogP contribution in [0.4, 0.5) is 0 Å². The summed E-state index contributed by atoms with van der Waals surface area (Å²) in [7, 11) is 0. The van der Waals surface area contributed by atoms with Crippen molar-refractivity contribution < 1.29 is 15.0 Å². The van der Waals surface area contributed by atoms with E-state index in [0.717, 1.165) is 19.3 Å². The number of aliphatic hydroxyl groups is 1. The van der Waals surface area contributed by atoms with Gasteiger partial charge in [-0.3, -0.25) is 4.79 Å². The van der Waals surface area contributed by atoms with E-state index in [1.165, 1.54) is 0 Å². The molecule has 0 radical (unpaired) electrons. The Morgan fingerprint density at radius 1 is 1.42 bits per heavy atom. The lowest BCUT2D eigenvalue weighted by atomic mass is 9.82. The molecule has 1 fully saturated rings. The number of carbonyl (C=O) groups is 1. The van der Waals surface area contributed by atoms with E-state index in [9.17, 15) is 9.90 Å². The topological polar surface area (TPSA) is 83.6 Å². The standard InChI is InChI=1S/C8H15NO3/c9-7(8(11)12)5-3-1-2-4-6(5)10/h5-7,10H,1-4,9H2,(H,11,12)/t5-,6?,7?/m1/s1. The molecule has 4 N–H and O–H groups in total. The Morgan fingerprint density at radius 3 is 2.50 bits per heavy atom. The van der Waals surface area contributed by atoms with Gasteiger partial charge in [0.2, 0.25) is 0 Å². The normalized spacial score (nSPS) is 32.8. The number of aliphatic hydroxyl groups excluding tert-OH is 1. The summed E-state index contributed by atoms with van der Waals surface area (Å²) < 4.78 is 0. The molecule has 0 heterocycles. The highest BCUT2D eigenvalue weighted by molar-refractivity contribution is 5.73. The minimum atomic E-state index is -1.01. The van der Waals surface area contributed by atoms with Crippen molar-refractivity contribution in [2.75, 3.05) is 0 Å². The van der Waals surface area contributed by atoms with Crippen molar-refractivity contribution >= 4 is 5.97 Å². The van der Waals surface area contributed by atoms with Crippen molar-refractivity contribution in [1.29, 1.82) is 0 Å². The van der Waals surface area contributed by atoms with Gasteiger partial charge in [0.1, 0.15) is 6.04 Å². The number of carboxylic acid groups (broad SMARTS) is 1. The second kappa shape index (κ2) is 3.87. The van der Waals surface area contributed by atoms with E-state index >= 15 is 0 Å². The molecule has 0 aromatic heterocycles. The highest BCUT2D eigenvalue weighted by Gasteiger charge is 2.32. The molecular formula is C8H15NO3. The van der Waals surface area contributed by atoms with Crippen molar-refractivity contribution in [3.63, 3.8) is 0 Å². The Balaban J connectivity index is 2.53. The first-order chi connectivity index (χ1) is 5.63. The van der Waals surface area contributed by atoms with Crippen molar-refractivity contribution in [2.24, 2.45) is 11.7 Å². The number of nitrogens with two attached hydrogens (primary N) is 1. The monoisotopic (exact) mass is 173 g/mol. The third kappa shape index (κ3) is 1.95. The van der Waals surface area contributed by atoms with Crippen molar-refractivity contribution in [1.82, 2.24) is 0 Å². The third-order valence-corrected chi connectivity index (χ3v) is 2.53. The summed E-state index contributed by atoms with van der Waals surface area (Å²) in [6, 6.07) is -0.903. The molecule has 0 aliphatic heterocycles. The van der Waals surface area contributed by atoms with E-state index in [0.29, 0.717) is 6.42 Å². The Hall–Kier alpha value is -0.610. The van der Waals surface area contributed by atoms with Gasteiger partial charge in [0.05, 0.1) is 6.10 Å². The van der Waals surface area contributed by atoms with Crippen LogP contribution in [-0.4, -0.2) is 28.3 Å². The molecule has 3 atom stereocenters. The molecule has 4 heteroatoms. The predicted molar refractivity (Wildman–Crippen MR) is 43.6 cm³/mol. The highest BCUT2D eigenvalue weighted by Crippen LogP contribution is 2.26. The predicted octanol–water partition coefficient (Wildman–Crippen LogP) is -0.0506. The average molecular weight is 173 g/mol. The van der Waals surface area contributed by atoms with Crippen LogP contribution < -0.4 is 5.73 Å². The molecular weight excluding hydrogens is 158 g/mol. The number of rotatable bonds is 2. The van der Waals surface area contributed by atoms with Crippen LogP contribution in [0.2, 0.25) is 0 Å². The zero-order valence-electron chi connectivity index (χ0n) is 6.94. The van der Waals surface area contributed by atoms with Crippen LogP contribution in [-0.2, 0) is 4.79 Å². The number of hydrogen-bond acceptors (Lipinski definition) is 3. The SMILES string of the molecule is NC(C(=O)O)[C@@H]1CCCCC1O. The van der Waals surface area contributed by atoms with E-state index in [2.05, 4.69) is 0 Å². The molecule has 1 aliphatic rings. The first-order valence-corrected chi connectivity index (χ1v) is 4.29. The molecule has 0 aromatic rings. The Kier molecular flexibility index (Phi) is 3.05. The van der Waals surface area contributed by atoms with E-state index < -0.39 is 18.1 Å². The molecule has 0 spiro atoms. The number of carboxylic acids is 1. The van der Waals surface area contributed by atoms with Gasteiger partial charge in [0, 0.05) is 5.92 Å². The first-order valence-electron chi connectivity index (χ1n) is 4.29. The Labute approximate surface area is 71.4 Å². The summed E-state index contributed by atoms with van der Waals surface area (Å²) in [6.45, 7) is 0. The lowest BCUT2D eigenvalue weighted by Gasteiger charge is -2.29. The van der Waals surface area contributed by atoms with E-state index in [-0.39, 0.29) is 5.92 Å². The van der Waals surface area contributed by atoms with Gasteiger partial charge in [-0.05, 0) is 12.8 Å². The van der Waals surface area contributed by atoms with Gasteiger partial charge in [-0.2, -0.15) is 0 Å². The second-order valence-corrected chi connectivity index (χ2v) is 3.38. The summed E-state index contributed by atoms with van der Waals surface area (Å²) in [6.07, 6.45) is 2.84. The maximum Gasteiger partial charge on any atom is 0.320 e. The van der Waals surface area contributed by atoms with Crippen LogP contribution in [0.15, 0.2) is 0 Å². The minimum absolute atomic E-state index is 0.253. The van der Waals surface area contributed by atoms with Gasteiger partial charge in [-0.15, -0.1) is 0 Å². The Morgan fingerprint density at radius 2 is 2.00 bits per heavy atom. The van der Waals surface area contributed by atoms with Crippen LogP contribution in [0.1, 0.15) is 25.7 Å². The van der Waals surface area contributed by atoms with E-state index in [1.54, 1.807) is 0 Å². The molecule has 0 amide bonds. The maximum absolute atomic E-state index is 10.5. The zero-order valence-corrected chi connectivity index (χ0v) is 6.94. The van der Waals surface area contributed by atoms with Gasteiger partial charge >= 0.3 is 5.97 Å². The van der Waals surface area contributed by atoms with Crippen LogP contribution in [0, 0.1) is 5.92 Å². The summed E-state index contributed by atoms with van der Waals surface area (Å²) in [5, 5.41) is 18.1. The molecule has 1 saturated carbocycles. The molecule has 4 nitrogen and oxygen atoms in total. The Bertz CT molecular complexity index is 172. The second-order valence-electron chi connectivity index (χ2n) is 3.38. The molecule has 0 bridgehead atoms. The molecule has 12 heavy (non-hydrogen) atoms. The summed E-state index contributed by atoms with van der Waals surface area (Å²) >= 11 is 0. The fraction of sp³-hybridized carbons (Fsp3) is 0.875. The number of aliphatic carboxylic acids is 1. The molecule has 1 aliphatic carbocycles. The lowest BCUT2D eigenvalue weighted by molar-refractivity contribution is -0.141. The molecule has 1 rings (SSSR count). The smallest absolute Gasteiger partial charge is 0.320 e. The fourth-order valence-electron chi connectivity index (χ4n) is 1.74. The first kappa shape index (κ1) is 9.48. The van der Waals surface area contributed by atoms with Crippen molar-refractivity contribution in [3.05, 3.63) is 0 Å². The van der Waals surface area contributed by atoms with Gasteiger partial charge in [0.15, 0.2) is 0 Å². The fourth-order valence-corrected chi connectivity index (χ4v) is 1.74.